The van der Waals surface area contributed by atoms with Crippen LogP contribution >= 0.6 is 30.6 Å². The van der Waals surface area contributed by atoms with Crippen LogP contribution in [0.25, 0.3) is 0 Å². The molecule has 0 atom stereocenters. The molecule has 0 aliphatic rings. The first-order valence-corrected chi connectivity index (χ1v) is 4.81. The van der Waals surface area contributed by atoms with Gasteiger partial charge in [0.1, 0.15) is 0 Å². The average Bonchev–Trinajstić information content (AvgIpc) is 0.918. The Morgan fingerprint density at radius 3 is 1.20 bits per heavy atom. The van der Waals surface area contributed by atoms with Gasteiger partial charge in [-0.3, -0.25) is 0 Å². The van der Waals surface area contributed by atoms with Crippen LogP contribution in [0.15, 0.2) is 0 Å². The summed E-state index contributed by atoms with van der Waals surface area (Å²) < 4.78 is 0. The van der Waals surface area contributed by atoms with Crippen molar-refractivity contribution in [1.82, 2.24) is 0 Å². The molecule has 5 heteroatoms. The van der Waals surface area contributed by atoms with Crippen LogP contribution in [0.4, 0.5) is 0 Å². The van der Waals surface area contributed by atoms with Crippen LogP contribution in [0.5, 0.6) is 0 Å². The van der Waals surface area contributed by atoms with Crippen LogP contribution < -0.4 is 0 Å². The van der Waals surface area contributed by atoms with E-state index in [0.29, 0.717) is 0 Å². The average molecular weight is 271 g/mol. The Morgan fingerprint density at radius 2 is 1.20 bits per heavy atom. The molecule has 0 N–H and O–H groups in total. The van der Waals surface area contributed by atoms with Crippen molar-refractivity contribution >= 4 is 97.6 Å². The fraction of sp³-hybridized carbons (Fsp3) is 0. The molecule has 0 rings (SSSR count). The summed E-state index contributed by atoms with van der Waals surface area (Å²) in [4.78, 5) is 0. The van der Waals surface area contributed by atoms with Crippen molar-refractivity contribution in [2.45, 2.75) is 0 Å². The first-order valence-electron chi connectivity index (χ1n) is 0.535. The van der Waals surface area contributed by atoms with Gasteiger partial charge in [-0.2, -0.15) is 0 Å². The molecule has 0 fully saturated rings. The van der Waals surface area contributed by atoms with E-state index in [1.165, 1.54) is 0 Å². The van der Waals surface area contributed by atoms with Crippen molar-refractivity contribution in [2.75, 3.05) is 0 Å². The molecule has 0 aliphatic carbocycles. The molecule has 28 valence electrons. The van der Waals surface area contributed by atoms with Gasteiger partial charge in [0.25, 0.3) is 0 Å². The molecule has 0 heterocycles. The zero-order valence-corrected chi connectivity index (χ0v) is 5.61. The standard InChI is InChI=1S/Ba.3ClH.Mg.2H/h;3*1H;;;/q;;;;+2;;/p-2. The van der Waals surface area contributed by atoms with Gasteiger partial charge in [-0.25, -0.2) is 0 Å². The Bertz CT molecular complexity index is 6.85. The summed E-state index contributed by atoms with van der Waals surface area (Å²) in [5.41, 5.74) is 0. The van der Waals surface area contributed by atoms with E-state index in [0.717, 1.165) is 0 Å². The van der Waals surface area contributed by atoms with E-state index in [1.807, 2.05) is 0 Å². The summed E-state index contributed by atoms with van der Waals surface area (Å²) in [6.07, 6.45) is 0. The third-order valence-electron chi connectivity index (χ3n) is 0. The summed E-state index contributed by atoms with van der Waals surface area (Å²) in [6.45, 7) is 0. The summed E-state index contributed by atoms with van der Waals surface area (Å²) >= 11 is -0.639. The van der Waals surface area contributed by atoms with E-state index in [9.17, 15) is 0 Å². The third-order valence-corrected chi connectivity index (χ3v) is 0. The van der Waals surface area contributed by atoms with E-state index in [1.54, 1.807) is 0 Å². The first-order chi connectivity index (χ1) is 1.41. The fourth-order valence-electron chi connectivity index (χ4n) is 0. The zero-order chi connectivity index (χ0) is 2.71. The van der Waals surface area contributed by atoms with Crippen LogP contribution in [0.1, 0.15) is 0 Å². The topological polar surface area (TPSA) is 0 Å². The molecule has 0 unspecified atom stereocenters. The van der Waals surface area contributed by atoms with Gasteiger partial charge in [-0.1, -0.05) is 0 Å². The van der Waals surface area contributed by atoms with Crippen LogP contribution in [0, 0.1) is 0 Å². The van der Waals surface area contributed by atoms with Crippen molar-refractivity contribution in [3.63, 3.8) is 0 Å². The Labute approximate surface area is 95.1 Å². The summed E-state index contributed by atoms with van der Waals surface area (Å²) in [5.74, 6) is 0. The predicted molar refractivity (Wildman–Crippen MR) is 33.3 cm³/mol. The predicted octanol–water partition coefficient (Wildman–Crippen LogP) is 0.504. The van der Waals surface area contributed by atoms with Gasteiger partial charge < -0.3 is 18.1 Å². The summed E-state index contributed by atoms with van der Waals surface area (Å²) in [6, 6.07) is 0. The largest absolute Gasteiger partial charge is 0.618 e. The second-order valence-electron chi connectivity index (χ2n) is 0.101. The van der Waals surface area contributed by atoms with Crippen molar-refractivity contribution < 1.29 is 0 Å². The Morgan fingerprint density at radius 1 is 1.20 bits per heavy atom. The Balaban J connectivity index is -0.0000000200. The van der Waals surface area contributed by atoms with Crippen molar-refractivity contribution in [1.29, 1.82) is 0 Å². The quantitative estimate of drug-likeness (QED) is 0.563. The van der Waals surface area contributed by atoms with Crippen LogP contribution in [0.3, 0.4) is 0 Å². The molecule has 0 bridgehead atoms. The number of hydrogen-bond donors (Lipinski definition) is 0. The van der Waals surface area contributed by atoms with Gasteiger partial charge in [0.15, 0.2) is 0 Å². The van der Waals surface area contributed by atoms with Gasteiger partial charge in [-0.15, -0.1) is 12.4 Å². The molecule has 0 saturated carbocycles. The summed E-state index contributed by atoms with van der Waals surface area (Å²) in [7, 11) is 9.81. The molecule has 0 nitrogen and oxygen atoms in total. The van der Waals surface area contributed by atoms with E-state index in [-0.39, 0.29) is 61.3 Å². The molecule has 0 amide bonds. The van der Waals surface area contributed by atoms with Gasteiger partial charge >= 0.3 is 67.0 Å². The normalized spacial score (nSPS) is 2.00. The molecule has 0 radical (unpaired) electrons. The van der Waals surface area contributed by atoms with E-state index < -0.39 is 18.2 Å². The van der Waals surface area contributed by atoms with E-state index >= 15 is 0 Å². The third kappa shape index (κ3) is 19.0. The Kier molecular flexibility index (Phi) is 49.3. The van der Waals surface area contributed by atoms with Crippen LogP contribution in [-0.2, 0) is 0 Å². The molecular weight excluding hydrogens is 268 g/mol. The minimum absolute atomic E-state index is 0. The fourth-order valence-corrected chi connectivity index (χ4v) is 0. The molecule has 0 aliphatic heterocycles. The second-order valence-corrected chi connectivity index (χ2v) is 2.73. The van der Waals surface area contributed by atoms with Gasteiger partial charge in [0.05, 0.1) is 0 Å². The molecule has 5 heavy (non-hydrogen) atoms. The van der Waals surface area contributed by atoms with Crippen molar-refractivity contribution in [2.24, 2.45) is 0 Å². The maximum absolute atomic E-state index is 4.90. The second kappa shape index (κ2) is 15.7. The number of halogens is 3. The monoisotopic (exact) mass is 270 g/mol. The molecular formula is H3BaCl3Mg. The molecule has 0 saturated heterocycles. The van der Waals surface area contributed by atoms with Gasteiger partial charge in [0, 0.05) is 0 Å². The number of rotatable bonds is 0. The zero-order valence-electron chi connectivity index (χ0n) is 1.87. The number of hydrogen-bond acceptors (Lipinski definition) is 0. The SMILES string of the molecule is Cl.[BaH2].[Cl][Mg][Cl]. The summed E-state index contributed by atoms with van der Waals surface area (Å²) in [5, 5.41) is 0. The van der Waals surface area contributed by atoms with Crippen LogP contribution in [0.2, 0.25) is 0 Å². The minimum atomic E-state index is -0.639. The van der Waals surface area contributed by atoms with Gasteiger partial charge in [-0.05, 0) is 0 Å². The van der Waals surface area contributed by atoms with Crippen molar-refractivity contribution in [3.05, 3.63) is 0 Å². The first kappa shape index (κ1) is 15.7. The van der Waals surface area contributed by atoms with Crippen molar-refractivity contribution in [3.8, 4) is 0 Å². The van der Waals surface area contributed by atoms with E-state index in [4.69, 9.17) is 18.1 Å². The van der Waals surface area contributed by atoms with Crippen LogP contribution in [-0.4, -0.2) is 67.0 Å². The molecule has 0 spiro atoms. The van der Waals surface area contributed by atoms with Gasteiger partial charge in [0.2, 0.25) is 0 Å². The maximum Gasteiger partial charge on any atom is 0.618 e. The van der Waals surface area contributed by atoms with E-state index in [2.05, 4.69) is 0 Å². The maximum atomic E-state index is 4.90. The molecule has 0 aromatic rings. The molecule has 0 aromatic carbocycles. The Hall–Kier alpha value is 3.21. The minimum Gasteiger partial charge on any atom is -0.309 e. The smallest absolute Gasteiger partial charge is 0.309 e. The molecule has 0 aromatic heterocycles.